The summed E-state index contributed by atoms with van der Waals surface area (Å²) < 4.78 is 0. The van der Waals surface area contributed by atoms with Crippen LogP contribution in [0, 0.1) is 13.8 Å². The number of rotatable bonds is 3. The van der Waals surface area contributed by atoms with Gasteiger partial charge in [-0.1, -0.05) is 24.3 Å². The van der Waals surface area contributed by atoms with Crippen molar-refractivity contribution in [2.75, 3.05) is 10.6 Å². The molecule has 5 heteroatoms. The quantitative estimate of drug-likeness (QED) is 0.805. The van der Waals surface area contributed by atoms with Crippen molar-refractivity contribution in [3.63, 3.8) is 0 Å². The van der Waals surface area contributed by atoms with Crippen LogP contribution in [0.1, 0.15) is 21.5 Å². The number of hydrogen-bond donors (Lipinski definition) is 3. The maximum atomic E-state index is 11.9. The molecule has 0 aromatic heterocycles. The molecule has 2 aromatic rings. The maximum Gasteiger partial charge on any atom is 0.336 e. The molecule has 0 unspecified atom stereocenters. The molecule has 5 nitrogen and oxygen atoms in total. The Balaban J connectivity index is 2.12. The van der Waals surface area contributed by atoms with E-state index in [-0.39, 0.29) is 5.56 Å². The molecule has 0 atom stereocenters. The third-order valence-corrected chi connectivity index (χ3v) is 3.12. The zero-order valence-electron chi connectivity index (χ0n) is 11.8. The van der Waals surface area contributed by atoms with E-state index in [1.165, 1.54) is 6.07 Å². The van der Waals surface area contributed by atoms with Gasteiger partial charge in [0.1, 0.15) is 0 Å². The number of urea groups is 1. The van der Waals surface area contributed by atoms with Gasteiger partial charge in [0.2, 0.25) is 0 Å². The lowest BCUT2D eigenvalue weighted by molar-refractivity contribution is 0.0696. The van der Waals surface area contributed by atoms with Gasteiger partial charge in [0, 0.05) is 11.4 Å². The Hall–Kier alpha value is -2.82. The number of anilines is 2. The molecule has 0 aliphatic carbocycles. The lowest BCUT2D eigenvalue weighted by Gasteiger charge is -2.10. The Morgan fingerprint density at radius 3 is 2.33 bits per heavy atom. The predicted octanol–water partition coefficient (Wildman–Crippen LogP) is 3.65. The molecule has 0 saturated heterocycles. The standard InChI is InChI=1S/C16H16N2O3/c1-10-7-8-12(9-13(10)15(19)20)17-16(21)18-14-6-4-3-5-11(14)2/h3-9H,1-2H3,(H,19,20)(H2,17,18,21). The molecule has 0 saturated carbocycles. The van der Waals surface area contributed by atoms with Crippen molar-refractivity contribution >= 4 is 23.4 Å². The molecule has 108 valence electrons. The first-order chi connectivity index (χ1) is 9.97. The smallest absolute Gasteiger partial charge is 0.336 e. The molecule has 0 aliphatic heterocycles. The summed E-state index contributed by atoms with van der Waals surface area (Å²) >= 11 is 0. The molecule has 2 rings (SSSR count). The zero-order valence-corrected chi connectivity index (χ0v) is 11.8. The van der Waals surface area contributed by atoms with E-state index < -0.39 is 12.0 Å². The van der Waals surface area contributed by atoms with Crippen molar-refractivity contribution in [3.05, 3.63) is 59.2 Å². The number of carboxylic acid groups (broad SMARTS) is 1. The van der Waals surface area contributed by atoms with E-state index >= 15 is 0 Å². The third-order valence-electron chi connectivity index (χ3n) is 3.12. The van der Waals surface area contributed by atoms with Gasteiger partial charge in [-0.25, -0.2) is 9.59 Å². The number of benzene rings is 2. The summed E-state index contributed by atoms with van der Waals surface area (Å²) in [5, 5.41) is 14.4. The van der Waals surface area contributed by atoms with Crippen LogP contribution in [0.3, 0.4) is 0 Å². The van der Waals surface area contributed by atoms with Gasteiger partial charge in [-0.3, -0.25) is 0 Å². The van der Waals surface area contributed by atoms with Gasteiger partial charge in [-0.15, -0.1) is 0 Å². The Morgan fingerprint density at radius 2 is 1.67 bits per heavy atom. The minimum absolute atomic E-state index is 0.170. The van der Waals surface area contributed by atoms with Crippen LogP contribution in [0.15, 0.2) is 42.5 Å². The second kappa shape index (κ2) is 6.09. The van der Waals surface area contributed by atoms with E-state index in [1.54, 1.807) is 25.1 Å². The molecule has 0 fully saturated rings. The number of para-hydroxylation sites is 1. The highest BCUT2D eigenvalue weighted by Gasteiger charge is 2.10. The first-order valence-corrected chi connectivity index (χ1v) is 6.45. The molecular formula is C16H16N2O3. The number of aromatic carboxylic acids is 1. The van der Waals surface area contributed by atoms with Crippen molar-refractivity contribution in [1.29, 1.82) is 0 Å². The van der Waals surface area contributed by atoms with E-state index in [1.807, 2.05) is 25.1 Å². The van der Waals surface area contributed by atoms with Gasteiger partial charge in [0.25, 0.3) is 0 Å². The van der Waals surface area contributed by atoms with E-state index in [9.17, 15) is 9.59 Å². The fraction of sp³-hybridized carbons (Fsp3) is 0.125. The summed E-state index contributed by atoms with van der Waals surface area (Å²) in [7, 11) is 0. The summed E-state index contributed by atoms with van der Waals surface area (Å²) in [5.74, 6) is -1.02. The number of nitrogens with one attached hydrogen (secondary N) is 2. The summed E-state index contributed by atoms with van der Waals surface area (Å²) in [6.45, 7) is 3.60. The van der Waals surface area contributed by atoms with Crippen molar-refractivity contribution in [1.82, 2.24) is 0 Å². The average Bonchev–Trinajstić information content (AvgIpc) is 2.43. The van der Waals surface area contributed by atoms with Crippen molar-refractivity contribution in [2.24, 2.45) is 0 Å². The van der Waals surface area contributed by atoms with Crippen LogP contribution in [0.4, 0.5) is 16.2 Å². The average molecular weight is 284 g/mol. The molecule has 0 bridgehead atoms. The van der Waals surface area contributed by atoms with Gasteiger partial charge in [0.15, 0.2) is 0 Å². The number of carbonyl (C=O) groups excluding carboxylic acids is 1. The van der Waals surface area contributed by atoms with Gasteiger partial charge < -0.3 is 15.7 Å². The molecule has 21 heavy (non-hydrogen) atoms. The van der Waals surface area contributed by atoms with E-state index in [0.29, 0.717) is 16.9 Å². The summed E-state index contributed by atoms with van der Waals surface area (Å²) in [6.07, 6.45) is 0. The van der Waals surface area contributed by atoms with Gasteiger partial charge in [0.05, 0.1) is 5.56 Å². The molecule has 0 aliphatic rings. The number of hydrogen-bond acceptors (Lipinski definition) is 2. The lowest BCUT2D eigenvalue weighted by atomic mass is 10.1. The van der Waals surface area contributed by atoms with E-state index in [0.717, 1.165) is 5.56 Å². The van der Waals surface area contributed by atoms with Gasteiger partial charge in [-0.2, -0.15) is 0 Å². The molecule has 0 spiro atoms. The third kappa shape index (κ3) is 3.60. The topological polar surface area (TPSA) is 78.4 Å². The molecule has 2 amide bonds. The fourth-order valence-electron chi connectivity index (χ4n) is 1.93. The molecule has 0 radical (unpaired) electrons. The number of amides is 2. The highest BCUT2D eigenvalue weighted by molar-refractivity contribution is 6.01. The van der Waals surface area contributed by atoms with Crippen molar-refractivity contribution in [2.45, 2.75) is 13.8 Å². The summed E-state index contributed by atoms with van der Waals surface area (Å²) in [5.41, 5.74) is 2.91. The van der Waals surface area contributed by atoms with Crippen molar-refractivity contribution in [3.8, 4) is 0 Å². The summed E-state index contributed by atoms with van der Waals surface area (Å²) in [6, 6.07) is 11.8. The Labute approximate surface area is 122 Å². The van der Waals surface area contributed by atoms with Gasteiger partial charge in [-0.05, 0) is 43.2 Å². The largest absolute Gasteiger partial charge is 0.478 e. The second-order valence-electron chi connectivity index (χ2n) is 4.73. The lowest BCUT2D eigenvalue weighted by Crippen LogP contribution is -2.20. The van der Waals surface area contributed by atoms with Crippen LogP contribution in [-0.2, 0) is 0 Å². The second-order valence-corrected chi connectivity index (χ2v) is 4.73. The molecule has 0 heterocycles. The molecule has 3 N–H and O–H groups in total. The highest BCUT2D eigenvalue weighted by Crippen LogP contribution is 2.17. The van der Waals surface area contributed by atoms with E-state index in [2.05, 4.69) is 10.6 Å². The van der Waals surface area contributed by atoms with Gasteiger partial charge >= 0.3 is 12.0 Å². The van der Waals surface area contributed by atoms with Crippen LogP contribution < -0.4 is 10.6 Å². The van der Waals surface area contributed by atoms with Crippen molar-refractivity contribution < 1.29 is 14.7 Å². The Bertz CT molecular complexity index is 696. The first kappa shape index (κ1) is 14.6. The van der Waals surface area contributed by atoms with Crippen LogP contribution in [0.5, 0.6) is 0 Å². The first-order valence-electron chi connectivity index (χ1n) is 6.45. The van der Waals surface area contributed by atoms with Crippen LogP contribution in [-0.4, -0.2) is 17.1 Å². The Morgan fingerprint density at radius 1 is 0.952 bits per heavy atom. The SMILES string of the molecule is Cc1ccccc1NC(=O)Nc1ccc(C)c(C(=O)O)c1. The minimum Gasteiger partial charge on any atom is -0.478 e. The van der Waals surface area contributed by atoms with Crippen LogP contribution in [0.25, 0.3) is 0 Å². The van der Waals surface area contributed by atoms with Crippen LogP contribution in [0.2, 0.25) is 0 Å². The van der Waals surface area contributed by atoms with E-state index in [4.69, 9.17) is 5.11 Å². The predicted molar refractivity (Wildman–Crippen MR) is 82.0 cm³/mol. The zero-order chi connectivity index (χ0) is 15.4. The normalized spacial score (nSPS) is 10.0. The maximum absolute atomic E-state index is 11.9. The fourth-order valence-corrected chi connectivity index (χ4v) is 1.93. The molecule has 2 aromatic carbocycles. The number of carboxylic acids is 1. The summed E-state index contributed by atoms with van der Waals surface area (Å²) in [4.78, 5) is 23.0. The molecular weight excluding hydrogens is 268 g/mol. The number of carbonyl (C=O) groups is 2. The van der Waals surface area contributed by atoms with Crippen LogP contribution >= 0.6 is 0 Å². The number of aryl methyl sites for hydroxylation is 2. The highest BCUT2D eigenvalue weighted by atomic mass is 16.4. The Kier molecular flexibility index (Phi) is 4.23. The minimum atomic E-state index is -1.02. The monoisotopic (exact) mass is 284 g/mol.